The summed E-state index contributed by atoms with van der Waals surface area (Å²) in [4.78, 5) is 28.2. The van der Waals surface area contributed by atoms with Crippen LogP contribution in [-0.2, 0) is 14.3 Å². The number of hydrogen-bond donors (Lipinski definition) is 0. The Kier molecular flexibility index (Phi) is 6.03. The zero-order chi connectivity index (χ0) is 15.2. The smallest absolute Gasteiger partial charge is 0.310 e. The predicted molar refractivity (Wildman–Crippen MR) is 80.8 cm³/mol. The third kappa shape index (κ3) is 4.19. The van der Waals surface area contributed by atoms with Crippen molar-refractivity contribution in [3.8, 4) is 0 Å². The molecule has 1 heterocycles. The molecule has 0 aromatic heterocycles. The summed E-state index contributed by atoms with van der Waals surface area (Å²) in [6.45, 7) is 4.76. The molecule has 2 rings (SSSR count). The van der Waals surface area contributed by atoms with E-state index in [1.165, 1.54) is 26.4 Å². The molecule has 2 fully saturated rings. The first-order valence-electron chi connectivity index (χ1n) is 8.25. The van der Waals surface area contributed by atoms with Crippen LogP contribution in [0.4, 0.5) is 0 Å². The summed E-state index contributed by atoms with van der Waals surface area (Å²) in [6.07, 6.45) is 6.87. The van der Waals surface area contributed by atoms with E-state index in [2.05, 4.69) is 11.8 Å². The number of carbonyl (C=O) groups excluding carboxylic acids is 2. The van der Waals surface area contributed by atoms with Gasteiger partial charge in [-0.1, -0.05) is 19.3 Å². The van der Waals surface area contributed by atoms with Crippen LogP contribution in [-0.4, -0.2) is 61.0 Å². The van der Waals surface area contributed by atoms with E-state index in [0.29, 0.717) is 19.1 Å². The Morgan fingerprint density at radius 3 is 2.52 bits per heavy atom. The molecule has 1 unspecified atom stereocenters. The molecule has 0 bridgehead atoms. The van der Waals surface area contributed by atoms with Gasteiger partial charge in [0.25, 0.3) is 0 Å². The number of hydrogen-bond acceptors (Lipinski definition) is 4. The maximum absolute atomic E-state index is 12.5. The van der Waals surface area contributed by atoms with Crippen LogP contribution < -0.4 is 0 Å². The van der Waals surface area contributed by atoms with E-state index < -0.39 is 0 Å². The Hall–Kier alpha value is -1.10. The molecule has 0 aromatic rings. The molecule has 2 aliphatic rings. The maximum atomic E-state index is 12.5. The topological polar surface area (TPSA) is 49.9 Å². The van der Waals surface area contributed by atoms with Crippen molar-refractivity contribution in [3.63, 3.8) is 0 Å². The summed E-state index contributed by atoms with van der Waals surface area (Å²) in [5, 5.41) is 0. The Morgan fingerprint density at radius 1 is 1.19 bits per heavy atom. The number of carbonyl (C=O) groups is 2. The number of ether oxygens (including phenoxy) is 1. The van der Waals surface area contributed by atoms with Gasteiger partial charge in [-0.15, -0.1) is 0 Å². The molecule has 5 nitrogen and oxygen atoms in total. The highest BCUT2D eigenvalue weighted by molar-refractivity contribution is 5.79. The fourth-order valence-electron chi connectivity index (χ4n) is 3.65. The molecule has 0 radical (unpaired) electrons. The molecular weight excluding hydrogens is 268 g/mol. The number of likely N-dealkylation sites (N-methyl/N-ethyl adjacent to an activating group) is 1. The molecule has 21 heavy (non-hydrogen) atoms. The molecule has 1 saturated carbocycles. The minimum Gasteiger partial charge on any atom is -0.469 e. The van der Waals surface area contributed by atoms with Gasteiger partial charge in [0.1, 0.15) is 0 Å². The van der Waals surface area contributed by atoms with Gasteiger partial charge in [-0.25, -0.2) is 0 Å². The predicted octanol–water partition coefficient (Wildman–Crippen LogP) is 1.66. The highest BCUT2D eigenvalue weighted by atomic mass is 16.5. The van der Waals surface area contributed by atoms with Crippen LogP contribution >= 0.6 is 0 Å². The second-order valence-corrected chi connectivity index (χ2v) is 6.22. The van der Waals surface area contributed by atoms with Gasteiger partial charge in [0.2, 0.25) is 5.91 Å². The first kappa shape index (κ1) is 16.3. The van der Waals surface area contributed by atoms with Gasteiger partial charge in [0.15, 0.2) is 0 Å². The summed E-state index contributed by atoms with van der Waals surface area (Å²) in [7, 11) is 1.43. The molecule has 1 aliphatic carbocycles. The molecular formula is C16H28N2O3. The Bertz CT molecular complexity index is 367. The van der Waals surface area contributed by atoms with E-state index in [4.69, 9.17) is 4.74 Å². The van der Waals surface area contributed by atoms with Crippen LogP contribution in [0.1, 0.15) is 45.4 Å². The first-order chi connectivity index (χ1) is 10.2. The van der Waals surface area contributed by atoms with E-state index in [1.54, 1.807) is 0 Å². The summed E-state index contributed by atoms with van der Waals surface area (Å²) in [5.41, 5.74) is 0. The summed E-state index contributed by atoms with van der Waals surface area (Å²) in [5.74, 6) is 0.00653. The van der Waals surface area contributed by atoms with Gasteiger partial charge in [0, 0.05) is 19.1 Å². The van der Waals surface area contributed by atoms with Crippen LogP contribution in [0.3, 0.4) is 0 Å². The molecule has 120 valence electrons. The highest BCUT2D eigenvalue weighted by Crippen LogP contribution is 2.23. The number of amides is 1. The van der Waals surface area contributed by atoms with E-state index in [1.807, 2.05) is 4.90 Å². The lowest BCUT2D eigenvalue weighted by molar-refractivity contribution is -0.145. The van der Waals surface area contributed by atoms with E-state index in [-0.39, 0.29) is 17.8 Å². The van der Waals surface area contributed by atoms with Crippen molar-refractivity contribution >= 4 is 11.9 Å². The fraction of sp³-hybridized carbons (Fsp3) is 0.875. The van der Waals surface area contributed by atoms with Crippen molar-refractivity contribution in [2.75, 3.05) is 33.3 Å². The molecule has 0 aromatic carbocycles. The average Bonchev–Trinajstić information content (AvgIpc) is 2.96. The van der Waals surface area contributed by atoms with Gasteiger partial charge in [-0.2, -0.15) is 0 Å². The second kappa shape index (κ2) is 7.78. The number of methoxy groups -OCH3 is 1. The second-order valence-electron chi connectivity index (χ2n) is 6.22. The van der Waals surface area contributed by atoms with Gasteiger partial charge in [-0.3, -0.25) is 14.5 Å². The summed E-state index contributed by atoms with van der Waals surface area (Å²) < 4.78 is 4.79. The standard InChI is InChI=1S/C16H28N2O3/c1-3-18(14-7-5-4-6-8-14)15(19)12-17-10-9-13(11-17)16(20)21-2/h13-14H,3-12H2,1-2H3. The third-order valence-electron chi connectivity index (χ3n) is 4.84. The SMILES string of the molecule is CCN(C(=O)CN1CCC(C(=O)OC)C1)C1CCCCC1. The van der Waals surface area contributed by atoms with Crippen molar-refractivity contribution in [2.24, 2.45) is 5.92 Å². The summed E-state index contributed by atoms with van der Waals surface area (Å²) >= 11 is 0. The van der Waals surface area contributed by atoms with Crippen molar-refractivity contribution in [3.05, 3.63) is 0 Å². The van der Waals surface area contributed by atoms with Crippen LogP contribution in [0.2, 0.25) is 0 Å². The van der Waals surface area contributed by atoms with E-state index in [0.717, 1.165) is 32.4 Å². The zero-order valence-corrected chi connectivity index (χ0v) is 13.3. The lowest BCUT2D eigenvalue weighted by Crippen LogP contribution is -2.46. The molecule has 1 atom stereocenters. The quantitative estimate of drug-likeness (QED) is 0.724. The highest BCUT2D eigenvalue weighted by Gasteiger charge is 2.32. The minimum atomic E-state index is -0.149. The van der Waals surface area contributed by atoms with Gasteiger partial charge < -0.3 is 9.64 Å². The number of likely N-dealkylation sites (tertiary alicyclic amines) is 1. The van der Waals surface area contributed by atoms with Crippen LogP contribution in [0.15, 0.2) is 0 Å². The zero-order valence-electron chi connectivity index (χ0n) is 13.3. The molecule has 1 amide bonds. The summed E-state index contributed by atoms with van der Waals surface area (Å²) in [6, 6.07) is 0.426. The minimum absolute atomic E-state index is 0.0624. The van der Waals surface area contributed by atoms with Gasteiger partial charge in [0.05, 0.1) is 19.6 Å². The third-order valence-corrected chi connectivity index (χ3v) is 4.84. The largest absolute Gasteiger partial charge is 0.469 e. The monoisotopic (exact) mass is 296 g/mol. The van der Waals surface area contributed by atoms with Crippen molar-refractivity contribution in [1.29, 1.82) is 0 Å². The fourth-order valence-corrected chi connectivity index (χ4v) is 3.65. The Balaban J connectivity index is 1.84. The van der Waals surface area contributed by atoms with Crippen molar-refractivity contribution < 1.29 is 14.3 Å². The van der Waals surface area contributed by atoms with Crippen molar-refractivity contribution in [2.45, 2.75) is 51.5 Å². The van der Waals surface area contributed by atoms with E-state index in [9.17, 15) is 9.59 Å². The maximum Gasteiger partial charge on any atom is 0.310 e. The van der Waals surface area contributed by atoms with E-state index >= 15 is 0 Å². The Labute approximate surface area is 127 Å². The lowest BCUT2D eigenvalue weighted by Gasteiger charge is -2.34. The van der Waals surface area contributed by atoms with Crippen LogP contribution in [0.25, 0.3) is 0 Å². The van der Waals surface area contributed by atoms with Crippen molar-refractivity contribution in [1.82, 2.24) is 9.80 Å². The van der Waals surface area contributed by atoms with Crippen LogP contribution in [0.5, 0.6) is 0 Å². The van der Waals surface area contributed by atoms with Gasteiger partial charge >= 0.3 is 5.97 Å². The number of nitrogens with zero attached hydrogens (tertiary/aromatic N) is 2. The normalized spacial score (nSPS) is 24.0. The molecule has 1 saturated heterocycles. The molecule has 5 heteroatoms. The number of rotatable bonds is 5. The van der Waals surface area contributed by atoms with Gasteiger partial charge in [-0.05, 0) is 32.7 Å². The Morgan fingerprint density at radius 2 is 1.90 bits per heavy atom. The molecule has 1 aliphatic heterocycles. The molecule has 0 N–H and O–H groups in total. The molecule has 0 spiro atoms. The lowest BCUT2D eigenvalue weighted by atomic mass is 9.94. The first-order valence-corrected chi connectivity index (χ1v) is 8.25. The average molecular weight is 296 g/mol. The van der Waals surface area contributed by atoms with Crippen LogP contribution in [0, 0.1) is 5.92 Å². The number of esters is 1.